The van der Waals surface area contributed by atoms with E-state index in [-0.39, 0.29) is 17.5 Å². The molecule has 0 fully saturated rings. The van der Waals surface area contributed by atoms with Crippen LogP contribution in [0.25, 0.3) is 10.9 Å². The second kappa shape index (κ2) is 8.27. The number of nitrogens with one attached hydrogen (secondary N) is 2. The van der Waals surface area contributed by atoms with Crippen LogP contribution in [-0.4, -0.2) is 15.9 Å². The molecule has 136 valence electrons. The van der Waals surface area contributed by atoms with Gasteiger partial charge in [0.25, 0.3) is 5.56 Å². The number of H-pyrrole nitrogens is 1. The Balaban J connectivity index is 1.65. The fourth-order valence-electron chi connectivity index (χ4n) is 2.96. The Hall–Kier alpha value is -2.47. The van der Waals surface area contributed by atoms with E-state index in [4.69, 9.17) is 0 Å². The van der Waals surface area contributed by atoms with Gasteiger partial charge in [0.1, 0.15) is 5.82 Å². The highest BCUT2D eigenvalue weighted by Gasteiger charge is 2.17. The van der Waals surface area contributed by atoms with Crippen molar-refractivity contribution >= 4 is 28.1 Å². The second-order valence-electron chi connectivity index (χ2n) is 6.79. The predicted octanol–water partition coefficient (Wildman–Crippen LogP) is 3.82. The molecule has 0 saturated carbocycles. The molecule has 1 atom stereocenters. The van der Waals surface area contributed by atoms with Crippen LogP contribution in [0.1, 0.15) is 43.4 Å². The highest BCUT2D eigenvalue weighted by atomic mass is 32.1. The molecule has 0 unspecified atom stereocenters. The lowest BCUT2D eigenvalue weighted by Gasteiger charge is -2.19. The first-order chi connectivity index (χ1) is 12.5. The molecule has 5 nitrogen and oxygen atoms in total. The molecule has 2 aromatic heterocycles. The van der Waals surface area contributed by atoms with E-state index in [1.807, 2.05) is 29.6 Å². The van der Waals surface area contributed by atoms with Crippen LogP contribution in [0.5, 0.6) is 0 Å². The Morgan fingerprint density at radius 2 is 2.04 bits per heavy atom. The van der Waals surface area contributed by atoms with Crippen molar-refractivity contribution in [3.05, 3.63) is 62.8 Å². The molecule has 0 aliphatic heterocycles. The molecule has 0 spiro atoms. The van der Waals surface area contributed by atoms with Gasteiger partial charge in [-0.1, -0.05) is 32.0 Å². The van der Waals surface area contributed by atoms with Gasteiger partial charge in [-0.05, 0) is 35.9 Å². The average Bonchev–Trinajstić information content (AvgIpc) is 3.14. The summed E-state index contributed by atoms with van der Waals surface area (Å²) in [5.41, 5.74) is 0.491. The fourth-order valence-corrected chi connectivity index (χ4v) is 3.75. The van der Waals surface area contributed by atoms with E-state index < -0.39 is 0 Å². The van der Waals surface area contributed by atoms with Crippen molar-refractivity contribution in [2.24, 2.45) is 5.92 Å². The number of para-hydroxylation sites is 1. The maximum absolute atomic E-state index is 12.4. The van der Waals surface area contributed by atoms with E-state index in [0.29, 0.717) is 35.5 Å². The highest BCUT2D eigenvalue weighted by Crippen LogP contribution is 2.25. The topological polar surface area (TPSA) is 74.8 Å². The Morgan fingerprint density at radius 3 is 2.77 bits per heavy atom. The lowest BCUT2D eigenvalue weighted by Crippen LogP contribution is -2.29. The van der Waals surface area contributed by atoms with Gasteiger partial charge in [-0.15, -0.1) is 11.3 Å². The summed E-state index contributed by atoms with van der Waals surface area (Å²) in [5, 5.41) is 5.72. The summed E-state index contributed by atoms with van der Waals surface area (Å²) in [5.74, 6) is 1.00. The molecule has 3 aromatic rings. The van der Waals surface area contributed by atoms with E-state index >= 15 is 0 Å². The minimum atomic E-state index is -0.165. The first-order valence-electron chi connectivity index (χ1n) is 8.83. The first-order valence-corrected chi connectivity index (χ1v) is 9.71. The SMILES string of the molecule is CC(C)C[C@@H](NC(=O)CCc1nc2ccccc2c(=O)[nH]1)c1cccs1. The highest BCUT2D eigenvalue weighted by molar-refractivity contribution is 7.10. The number of hydrogen-bond acceptors (Lipinski definition) is 4. The number of carbonyl (C=O) groups is 1. The molecule has 0 bridgehead atoms. The predicted molar refractivity (Wildman–Crippen MR) is 105 cm³/mol. The fraction of sp³-hybridized carbons (Fsp3) is 0.350. The molecule has 1 aromatic carbocycles. The number of nitrogens with zero attached hydrogens (tertiary/aromatic N) is 1. The largest absolute Gasteiger partial charge is 0.348 e. The minimum absolute atomic E-state index is 0.0279. The molecule has 0 aliphatic carbocycles. The van der Waals surface area contributed by atoms with Crippen molar-refractivity contribution in [3.8, 4) is 0 Å². The van der Waals surface area contributed by atoms with Crippen molar-refractivity contribution in [1.82, 2.24) is 15.3 Å². The molecule has 0 aliphatic rings. The lowest BCUT2D eigenvalue weighted by atomic mass is 10.0. The zero-order chi connectivity index (χ0) is 18.5. The number of rotatable bonds is 7. The standard InChI is InChI=1S/C20H23N3O2S/c1-13(2)12-16(17-8-5-11-26-17)22-19(24)10-9-18-21-15-7-4-3-6-14(15)20(25)23-18/h3-8,11,13,16H,9-10,12H2,1-2H3,(H,22,24)(H,21,23,25)/t16-/m1/s1. The van der Waals surface area contributed by atoms with Crippen LogP contribution >= 0.6 is 11.3 Å². The molecule has 0 saturated heterocycles. The van der Waals surface area contributed by atoms with Crippen molar-refractivity contribution in [2.45, 2.75) is 39.2 Å². The molecule has 2 N–H and O–H groups in total. The van der Waals surface area contributed by atoms with Crippen molar-refractivity contribution in [2.75, 3.05) is 0 Å². The van der Waals surface area contributed by atoms with Gasteiger partial charge in [0, 0.05) is 17.7 Å². The first kappa shape index (κ1) is 18.3. The number of fused-ring (bicyclic) bond motifs is 1. The van der Waals surface area contributed by atoms with Crippen LogP contribution in [0.3, 0.4) is 0 Å². The number of amides is 1. The van der Waals surface area contributed by atoms with Gasteiger partial charge in [0.05, 0.1) is 16.9 Å². The number of benzene rings is 1. The number of aromatic nitrogens is 2. The summed E-state index contributed by atoms with van der Waals surface area (Å²) in [6.45, 7) is 4.30. The lowest BCUT2D eigenvalue weighted by molar-refractivity contribution is -0.121. The van der Waals surface area contributed by atoms with E-state index in [1.54, 1.807) is 17.4 Å². The molecule has 0 radical (unpaired) electrons. The summed E-state index contributed by atoms with van der Waals surface area (Å²) in [6.07, 6.45) is 1.60. The molecule has 1 amide bonds. The zero-order valence-electron chi connectivity index (χ0n) is 15.0. The second-order valence-corrected chi connectivity index (χ2v) is 7.77. The summed E-state index contributed by atoms with van der Waals surface area (Å²) in [4.78, 5) is 32.9. The molecule has 3 rings (SSSR count). The van der Waals surface area contributed by atoms with Crippen LogP contribution in [-0.2, 0) is 11.2 Å². The number of aryl methyl sites for hydroxylation is 1. The Bertz CT molecular complexity index is 932. The van der Waals surface area contributed by atoms with Crippen molar-refractivity contribution < 1.29 is 4.79 Å². The van der Waals surface area contributed by atoms with E-state index in [0.717, 1.165) is 6.42 Å². The van der Waals surface area contributed by atoms with Gasteiger partial charge in [-0.2, -0.15) is 0 Å². The maximum atomic E-state index is 12.4. The third-order valence-corrected chi connectivity index (χ3v) is 5.17. The Morgan fingerprint density at radius 1 is 1.23 bits per heavy atom. The van der Waals surface area contributed by atoms with Gasteiger partial charge < -0.3 is 10.3 Å². The normalized spacial score (nSPS) is 12.4. The van der Waals surface area contributed by atoms with Crippen LogP contribution in [0.15, 0.2) is 46.6 Å². The average molecular weight is 369 g/mol. The molecule has 6 heteroatoms. The summed E-state index contributed by atoms with van der Waals surface area (Å²) >= 11 is 1.66. The number of thiophene rings is 1. The molecular formula is C20H23N3O2S. The van der Waals surface area contributed by atoms with Crippen molar-refractivity contribution in [1.29, 1.82) is 0 Å². The van der Waals surface area contributed by atoms with Crippen LogP contribution in [0.4, 0.5) is 0 Å². The Labute approximate surface area is 156 Å². The van der Waals surface area contributed by atoms with E-state index in [1.165, 1.54) is 4.88 Å². The summed E-state index contributed by atoms with van der Waals surface area (Å²) in [6, 6.07) is 11.3. The zero-order valence-corrected chi connectivity index (χ0v) is 15.8. The number of aromatic amines is 1. The minimum Gasteiger partial charge on any atom is -0.348 e. The van der Waals surface area contributed by atoms with Crippen LogP contribution in [0.2, 0.25) is 0 Å². The van der Waals surface area contributed by atoms with E-state index in [2.05, 4.69) is 35.2 Å². The van der Waals surface area contributed by atoms with Gasteiger partial charge in [0.2, 0.25) is 5.91 Å². The quantitative estimate of drug-likeness (QED) is 0.665. The van der Waals surface area contributed by atoms with Crippen molar-refractivity contribution in [3.63, 3.8) is 0 Å². The molecule has 2 heterocycles. The third kappa shape index (κ3) is 4.58. The molecular weight excluding hydrogens is 346 g/mol. The Kier molecular flexibility index (Phi) is 5.83. The smallest absolute Gasteiger partial charge is 0.258 e. The third-order valence-electron chi connectivity index (χ3n) is 4.18. The number of carbonyl (C=O) groups excluding carboxylic acids is 1. The van der Waals surface area contributed by atoms with Gasteiger partial charge >= 0.3 is 0 Å². The van der Waals surface area contributed by atoms with Crippen LogP contribution in [0, 0.1) is 5.92 Å². The van der Waals surface area contributed by atoms with Gasteiger partial charge in [-0.25, -0.2) is 4.98 Å². The monoisotopic (exact) mass is 369 g/mol. The van der Waals surface area contributed by atoms with Gasteiger partial charge in [0.15, 0.2) is 0 Å². The van der Waals surface area contributed by atoms with Gasteiger partial charge in [-0.3, -0.25) is 9.59 Å². The summed E-state index contributed by atoms with van der Waals surface area (Å²) < 4.78 is 0. The summed E-state index contributed by atoms with van der Waals surface area (Å²) in [7, 11) is 0. The molecule has 26 heavy (non-hydrogen) atoms. The van der Waals surface area contributed by atoms with E-state index in [9.17, 15) is 9.59 Å². The number of hydrogen-bond donors (Lipinski definition) is 2. The maximum Gasteiger partial charge on any atom is 0.258 e. The van der Waals surface area contributed by atoms with Crippen LogP contribution < -0.4 is 10.9 Å².